The number of halogens is 3. The van der Waals surface area contributed by atoms with Gasteiger partial charge in [-0.3, -0.25) is 4.90 Å². The summed E-state index contributed by atoms with van der Waals surface area (Å²) in [6.45, 7) is 0.763. The number of nitrogens with zero attached hydrogens (tertiary/aromatic N) is 1. The first-order chi connectivity index (χ1) is 6.16. The quantitative estimate of drug-likeness (QED) is 0.704. The highest BCUT2D eigenvalue weighted by Crippen LogP contribution is 2.16. The molecule has 0 fully saturated rings. The van der Waals surface area contributed by atoms with Crippen molar-refractivity contribution in [2.45, 2.75) is 25.1 Å². The Balaban J connectivity index is 3.80. The monoisotopic (exact) mass is 214 g/mol. The zero-order valence-corrected chi connectivity index (χ0v) is 8.43. The van der Waals surface area contributed by atoms with Crippen molar-refractivity contribution in [3.8, 4) is 0 Å². The second-order valence-electron chi connectivity index (χ2n) is 3.80. The number of aliphatic hydroxyl groups is 1. The Morgan fingerprint density at radius 1 is 1.36 bits per heavy atom. The fourth-order valence-corrected chi connectivity index (χ4v) is 0.919. The lowest BCUT2D eigenvalue weighted by molar-refractivity contribution is -0.144. The molecule has 0 amide bonds. The van der Waals surface area contributed by atoms with E-state index >= 15 is 0 Å². The maximum atomic E-state index is 11.9. The Bertz CT molecular complexity index is 170. The summed E-state index contributed by atoms with van der Waals surface area (Å²) in [5.74, 6) is 0. The highest BCUT2D eigenvalue weighted by Gasteiger charge is 2.29. The second kappa shape index (κ2) is 4.95. The van der Waals surface area contributed by atoms with E-state index in [9.17, 15) is 18.3 Å². The van der Waals surface area contributed by atoms with Crippen LogP contribution in [0.2, 0.25) is 0 Å². The molecule has 0 aliphatic heterocycles. The predicted octanol–water partition coefficient (Wildman–Crippen LogP) is 0.580. The number of hydrogen-bond acceptors (Lipinski definition) is 3. The minimum absolute atomic E-state index is 0.0485. The fourth-order valence-electron chi connectivity index (χ4n) is 0.919. The summed E-state index contributed by atoms with van der Waals surface area (Å²) >= 11 is 0. The van der Waals surface area contributed by atoms with Crippen LogP contribution >= 0.6 is 0 Å². The van der Waals surface area contributed by atoms with Crippen LogP contribution in [-0.4, -0.2) is 48.5 Å². The number of nitrogens with two attached hydrogens (primary N) is 1. The molecule has 0 spiro atoms. The lowest BCUT2D eigenvalue weighted by Crippen LogP contribution is -2.39. The molecule has 0 aromatic carbocycles. The smallest absolute Gasteiger partial charge is 0.389 e. The molecular weight excluding hydrogens is 197 g/mol. The Morgan fingerprint density at radius 3 is 2.21 bits per heavy atom. The largest absolute Gasteiger partial charge is 0.401 e. The molecule has 0 saturated heterocycles. The van der Waals surface area contributed by atoms with Crippen molar-refractivity contribution in [3.63, 3.8) is 0 Å². The molecule has 0 aromatic rings. The Labute approximate surface area is 81.7 Å². The van der Waals surface area contributed by atoms with Gasteiger partial charge in [-0.05, 0) is 20.4 Å². The van der Waals surface area contributed by atoms with Crippen molar-refractivity contribution in [1.29, 1.82) is 0 Å². The zero-order chi connectivity index (χ0) is 11.4. The molecule has 0 radical (unpaired) electrons. The first kappa shape index (κ1) is 13.7. The van der Waals surface area contributed by atoms with Crippen molar-refractivity contribution in [2.75, 3.05) is 26.7 Å². The first-order valence-corrected chi connectivity index (χ1v) is 4.34. The Hall–Kier alpha value is -0.330. The standard InChI is InChI=1S/C8H17F3N2O/c1-7(14,5-12)3-4-13(2)6-8(9,10)11/h14H,3-6,12H2,1-2H3. The van der Waals surface area contributed by atoms with Gasteiger partial charge in [0.25, 0.3) is 0 Å². The van der Waals surface area contributed by atoms with Crippen LogP contribution in [0.4, 0.5) is 13.2 Å². The number of hydrogen-bond donors (Lipinski definition) is 2. The molecule has 0 rings (SSSR count). The van der Waals surface area contributed by atoms with Gasteiger partial charge in [-0.25, -0.2) is 0 Å². The molecule has 0 aliphatic carbocycles. The summed E-state index contributed by atoms with van der Waals surface area (Å²) < 4.78 is 35.6. The van der Waals surface area contributed by atoms with Crippen LogP contribution in [0.15, 0.2) is 0 Å². The Morgan fingerprint density at radius 2 is 1.86 bits per heavy atom. The normalized spacial score (nSPS) is 17.1. The van der Waals surface area contributed by atoms with Crippen LogP contribution in [0.5, 0.6) is 0 Å². The topological polar surface area (TPSA) is 49.5 Å². The minimum atomic E-state index is -4.19. The molecular formula is C8H17F3N2O. The van der Waals surface area contributed by atoms with Crippen LogP contribution < -0.4 is 5.73 Å². The number of alkyl halides is 3. The summed E-state index contributed by atoms with van der Waals surface area (Å²) in [4.78, 5) is 1.12. The van der Waals surface area contributed by atoms with E-state index in [1.165, 1.54) is 14.0 Å². The van der Waals surface area contributed by atoms with E-state index in [4.69, 9.17) is 5.73 Å². The van der Waals surface area contributed by atoms with Gasteiger partial charge >= 0.3 is 6.18 Å². The lowest BCUT2D eigenvalue weighted by Gasteiger charge is -2.25. The molecule has 1 unspecified atom stereocenters. The minimum Gasteiger partial charge on any atom is -0.389 e. The Kier molecular flexibility index (Phi) is 4.83. The highest BCUT2D eigenvalue weighted by atomic mass is 19.4. The molecule has 1 atom stereocenters. The van der Waals surface area contributed by atoms with Crippen molar-refractivity contribution >= 4 is 0 Å². The van der Waals surface area contributed by atoms with Crippen LogP contribution in [-0.2, 0) is 0 Å². The molecule has 0 saturated carbocycles. The van der Waals surface area contributed by atoms with Crippen molar-refractivity contribution in [3.05, 3.63) is 0 Å². The lowest BCUT2D eigenvalue weighted by atomic mass is 10.0. The third-order valence-electron chi connectivity index (χ3n) is 1.92. The van der Waals surface area contributed by atoms with E-state index in [-0.39, 0.29) is 19.5 Å². The van der Waals surface area contributed by atoms with Gasteiger partial charge in [-0.1, -0.05) is 0 Å². The molecule has 3 nitrogen and oxygen atoms in total. The van der Waals surface area contributed by atoms with Crippen LogP contribution in [0.1, 0.15) is 13.3 Å². The van der Waals surface area contributed by atoms with Gasteiger partial charge < -0.3 is 10.8 Å². The van der Waals surface area contributed by atoms with Gasteiger partial charge in [0.2, 0.25) is 0 Å². The molecule has 6 heteroatoms. The first-order valence-electron chi connectivity index (χ1n) is 4.34. The third-order valence-corrected chi connectivity index (χ3v) is 1.92. The van der Waals surface area contributed by atoms with E-state index in [2.05, 4.69) is 0 Å². The number of rotatable bonds is 5. The summed E-state index contributed by atoms with van der Waals surface area (Å²) in [5, 5.41) is 9.44. The second-order valence-corrected chi connectivity index (χ2v) is 3.80. The van der Waals surface area contributed by atoms with Gasteiger partial charge in [-0.15, -0.1) is 0 Å². The van der Waals surface area contributed by atoms with E-state index in [1.807, 2.05) is 0 Å². The van der Waals surface area contributed by atoms with Gasteiger partial charge in [0, 0.05) is 13.1 Å². The summed E-state index contributed by atoms with van der Waals surface area (Å²) in [5.41, 5.74) is 4.15. The molecule has 86 valence electrons. The fraction of sp³-hybridized carbons (Fsp3) is 1.00. The van der Waals surface area contributed by atoms with E-state index in [1.54, 1.807) is 0 Å². The van der Waals surface area contributed by atoms with Gasteiger partial charge in [0.1, 0.15) is 0 Å². The van der Waals surface area contributed by atoms with Crippen LogP contribution in [0, 0.1) is 0 Å². The third kappa shape index (κ3) is 7.11. The van der Waals surface area contributed by atoms with Crippen LogP contribution in [0.3, 0.4) is 0 Å². The molecule has 0 heterocycles. The van der Waals surface area contributed by atoms with Gasteiger partial charge in [0.05, 0.1) is 12.1 Å². The molecule has 3 N–H and O–H groups in total. The van der Waals surface area contributed by atoms with Crippen molar-refractivity contribution < 1.29 is 18.3 Å². The van der Waals surface area contributed by atoms with E-state index < -0.39 is 18.3 Å². The molecule has 0 aliphatic rings. The van der Waals surface area contributed by atoms with Crippen LogP contribution in [0.25, 0.3) is 0 Å². The molecule has 14 heavy (non-hydrogen) atoms. The van der Waals surface area contributed by atoms with Gasteiger partial charge in [-0.2, -0.15) is 13.2 Å². The highest BCUT2D eigenvalue weighted by molar-refractivity contribution is 4.75. The molecule has 0 bridgehead atoms. The predicted molar refractivity (Wildman–Crippen MR) is 47.8 cm³/mol. The van der Waals surface area contributed by atoms with E-state index in [0.29, 0.717) is 0 Å². The SMILES string of the molecule is CN(CCC(C)(O)CN)CC(F)(F)F. The maximum Gasteiger partial charge on any atom is 0.401 e. The summed E-state index contributed by atoms with van der Waals surface area (Å²) in [6, 6.07) is 0. The zero-order valence-electron chi connectivity index (χ0n) is 8.43. The van der Waals surface area contributed by atoms with Crippen molar-refractivity contribution in [2.24, 2.45) is 5.73 Å². The average Bonchev–Trinajstić information content (AvgIpc) is 1.98. The average molecular weight is 214 g/mol. The van der Waals surface area contributed by atoms with Gasteiger partial charge in [0.15, 0.2) is 0 Å². The molecule has 0 aromatic heterocycles. The maximum absolute atomic E-state index is 11.9. The van der Waals surface area contributed by atoms with Crippen molar-refractivity contribution in [1.82, 2.24) is 4.90 Å². The summed E-state index contributed by atoms with van der Waals surface area (Å²) in [7, 11) is 1.36. The van der Waals surface area contributed by atoms with E-state index in [0.717, 1.165) is 4.90 Å². The summed E-state index contributed by atoms with van der Waals surface area (Å²) in [6.07, 6.45) is -3.96.